The van der Waals surface area contributed by atoms with Crippen LogP contribution in [0, 0.1) is 0 Å². The average Bonchev–Trinajstić information content (AvgIpc) is 2.29. The summed E-state index contributed by atoms with van der Waals surface area (Å²) < 4.78 is 24.3. The third-order valence-electron chi connectivity index (χ3n) is 2.88. The Morgan fingerprint density at radius 1 is 1.38 bits per heavy atom. The van der Waals surface area contributed by atoms with Gasteiger partial charge in [0.05, 0.1) is 6.04 Å². The smallest absolute Gasteiger partial charge is 0.315 e. The first-order valence-electron chi connectivity index (χ1n) is 5.35. The van der Waals surface area contributed by atoms with Crippen molar-refractivity contribution in [2.24, 2.45) is 0 Å². The number of benzene rings is 1. The number of rotatable bonds is 2. The van der Waals surface area contributed by atoms with Crippen LogP contribution in [0.2, 0.25) is 0 Å². The zero-order chi connectivity index (χ0) is 11.5. The summed E-state index contributed by atoms with van der Waals surface area (Å²) in [5, 5.41) is 2.39. The Morgan fingerprint density at radius 2 is 2.12 bits per heavy atom. The summed E-state index contributed by atoms with van der Waals surface area (Å²) in [6.07, 6.45) is -0.327. The summed E-state index contributed by atoms with van der Waals surface area (Å²) in [5.41, 5.74) is 2.12. The molecule has 0 saturated carbocycles. The normalized spacial score (nSPS) is 19.3. The highest BCUT2D eigenvalue weighted by molar-refractivity contribution is 5.79. The number of hydrogen-bond acceptors (Lipinski definition) is 1. The Bertz CT molecular complexity index is 392. The molecule has 1 atom stereocenters. The van der Waals surface area contributed by atoms with E-state index in [1.54, 1.807) is 0 Å². The zero-order valence-electron chi connectivity index (χ0n) is 8.75. The Hall–Kier alpha value is -1.45. The predicted octanol–water partition coefficient (Wildman–Crippen LogP) is 2.45. The van der Waals surface area contributed by atoms with Crippen molar-refractivity contribution in [2.75, 3.05) is 0 Å². The van der Waals surface area contributed by atoms with E-state index in [0.29, 0.717) is 0 Å². The fourth-order valence-corrected chi connectivity index (χ4v) is 2.14. The van der Waals surface area contributed by atoms with E-state index >= 15 is 0 Å². The van der Waals surface area contributed by atoms with E-state index in [9.17, 15) is 13.6 Å². The van der Waals surface area contributed by atoms with E-state index in [-0.39, 0.29) is 6.04 Å². The molecule has 1 aromatic rings. The molecule has 4 heteroatoms. The maximum atomic E-state index is 12.1. The second kappa shape index (κ2) is 4.60. The molecule has 0 heterocycles. The Kier molecular flexibility index (Phi) is 3.17. The van der Waals surface area contributed by atoms with Crippen LogP contribution in [0.3, 0.4) is 0 Å². The van der Waals surface area contributed by atoms with Crippen LogP contribution in [-0.4, -0.2) is 12.3 Å². The van der Waals surface area contributed by atoms with Gasteiger partial charge in [0.25, 0.3) is 5.91 Å². The molecule has 1 aromatic carbocycles. The predicted molar refractivity (Wildman–Crippen MR) is 56.3 cm³/mol. The number of alkyl halides is 2. The van der Waals surface area contributed by atoms with Crippen molar-refractivity contribution in [3.8, 4) is 0 Å². The lowest BCUT2D eigenvalue weighted by molar-refractivity contribution is -0.132. The fourth-order valence-electron chi connectivity index (χ4n) is 2.14. The molecule has 1 unspecified atom stereocenters. The molecule has 0 aromatic heterocycles. The summed E-state index contributed by atoms with van der Waals surface area (Å²) in [4.78, 5) is 11.0. The van der Waals surface area contributed by atoms with Gasteiger partial charge in [-0.3, -0.25) is 4.79 Å². The maximum Gasteiger partial charge on any atom is 0.315 e. The number of amides is 1. The molecule has 1 aliphatic carbocycles. The SMILES string of the molecule is O=C(NC1CCCc2ccccc21)C(F)F. The third-order valence-corrected chi connectivity index (χ3v) is 2.88. The van der Waals surface area contributed by atoms with Crippen LogP contribution in [0.1, 0.15) is 30.0 Å². The van der Waals surface area contributed by atoms with Crippen molar-refractivity contribution in [3.05, 3.63) is 35.4 Å². The number of carbonyl (C=O) groups is 1. The minimum atomic E-state index is -2.94. The monoisotopic (exact) mass is 225 g/mol. The van der Waals surface area contributed by atoms with Gasteiger partial charge in [-0.25, -0.2) is 0 Å². The molecule has 0 saturated heterocycles. The summed E-state index contributed by atoms with van der Waals surface area (Å²) in [7, 11) is 0. The number of aryl methyl sites for hydroxylation is 1. The largest absolute Gasteiger partial charge is 0.344 e. The number of nitrogens with one attached hydrogen (secondary N) is 1. The lowest BCUT2D eigenvalue weighted by atomic mass is 9.88. The molecular formula is C12H13F2NO. The topological polar surface area (TPSA) is 29.1 Å². The van der Waals surface area contributed by atoms with Gasteiger partial charge >= 0.3 is 6.43 Å². The Morgan fingerprint density at radius 3 is 2.88 bits per heavy atom. The van der Waals surface area contributed by atoms with Gasteiger partial charge in [-0.1, -0.05) is 24.3 Å². The fraction of sp³-hybridized carbons (Fsp3) is 0.417. The van der Waals surface area contributed by atoms with Crippen LogP contribution in [0.25, 0.3) is 0 Å². The Labute approximate surface area is 92.7 Å². The molecule has 1 amide bonds. The maximum absolute atomic E-state index is 12.1. The van der Waals surface area contributed by atoms with E-state index in [0.717, 1.165) is 30.4 Å². The van der Waals surface area contributed by atoms with Crippen LogP contribution in [0.4, 0.5) is 8.78 Å². The van der Waals surface area contributed by atoms with E-state index in [2.05, 4.69) is 5.32 Å². The van der Waals surface area contributed by atoms with Crippen LogP contribution in [0.5, 0.6) is 0 Å². The molecule has 0 aliphatic heterocycles. The number of halogens is 2. The highest BCUT2D eigenvalue weighted by atomic mass is 19.3. The van der Waals surface area contributed by atoms with E-state index in [1.807, 2.05) is 24.3 Å². The van der Waals surface area contributed by atoms with Crippen LogP contribution in [-0.2, 0) is 11.2 Å². The minimum Gasteiger partial charge on any atom is -0.344 e. The minimum absolute atomic E-state index is 0.258. The Balaban J connectivity index is 2.16. The second-order valence-corrected chi connectivity index (χ2v) is 3.95. The zero-order valence-corrected chi connectivity index (χ0v) is 8.75. The van der Waals surface area contributed by atoms with Gasteiger partial charge in [-0.05, 0) is 30.4 Å². The van der Waals surface area contributed by atoms with Crippen molar-refractivity contribution in [1.82, 2.24) is 5.32 Å². The molecule has 2 rings (SSSR count). The standard InChI is InChI=1S/C12H13F2NO/c13-11(14)12(16)15-10-7-3-5-8-4-1-2-6-9(8)10/h1-2,4,6,10-11H,3,5,7H2,(H,15,16). The lowest BCUT2D eigenvalue weighted by Crippen LogP contribution is -2.34. The van der Waals surface area contributed by atoms with E-state index < -0.39 is 12.3 Å². The van der Waals surface area contributed by atoms with Crippen LogP contribution < -0.4 is 5.32 Å². The molecule has 0 radical (unpaired) electrons. The first kappa shape index (κ1) is 11.0. The molecule has 1 N–H and O–H groups in total. The van der Waals surface area contributed by atoms with Crippen molar-refractivity contribution in [3.63, 3.8) is 0 Å². The van der Waals surface area contributed by atoms with Gasteiger partial charge in [0.2, 0.25) is 0 Å². The van der Waals surface area contributed by atoms with Gasteiger partial charge < -0.3 is 5.32 Å². The van der Waals surface area contributed by atoms with Gasteiger partial charge in [-0.15, -0.1) is 0 Å². The highest BCUT2D eigenvalue weighted by Gasteiger charge is 2.24. The molecule has 2 nitrogen and oxygen atoms in total. The average molecular weight is 225 g/mol. The molecular weight excluding hydrogens is 212 g/mol. The summed E-state index contributed by atoms with van der Waals surface area (Å²) in [6.45, 7) is 0. The molecule has 0 bridgehead atoms. The summed E-state index contributed by atoms with van der Waals surface area (Å²) in [6, 6.07) is 7.41. The molecule has 0 spiro atoms. The quantitative estimate of drug-likeness (QED) is 0.823. The first-order valence-corrected chi connectivity index (χ1v) is 5.35. The number of hydrogen-bond donors (Lipinski definition) is 1. The molecule has 1 aliphatic rings. The van der Waals surface area contributed by atoms with Gasteiger partial charge in [0.1, 0.15) is 0 Å². The summed E-state index contributed by atoms with van der Waals surface area (Å²) >= 11 is 0. The first-order chi connectivity index (χ1) is 7.68. The van der Waals surface area contributed by atoms with Crippen molar-refractivity contribution < 1.29 is 13.6 Å². The molecule has 0 fully saturated rings. The lowest BCUT2D eigenvalue weighted by Gasteiger charge is -2.26. The number of carbonyl (C=O) groups excluding carboxylic acids is 1. The highest BCUT2D eigenvalue weighted by Crippen LogP contribution is 2.29. The van der Waals surface area contributed by atoms with E-state index in [4.69, 9.17) is 0 Å². The molecule has 86 valence electrons. The van der Waals surface area contributed by atoms with Crippen molar-refractivity contribution in [1.29, 1.82) is 0 Å². The van der Waals surface area contributed by atoms with Gasteiger partial charge in [0, 0.05) is 0 Å². The summed E-state index contributed by atoms with van der Waals surface area (Å²) in [5.74, 6) is -1.18. The third kappa shape index (κ3) is 2.21. The van der Waals surface area contributed by atoms with Crippen molar-refractivity contribution >= 4 is 5.91 Å². The second-order valence-electron chi connectivity index (χ2n) is 3.95. The number of fused-ring (bicyclic) bond motifs is 1. The van der Waals surface area contributed by atoms with Gasteiger partial charge in [-0.2, -0.15) is 8.78 Å². The van der Waals surface area contributed by atoms with E-state index in [1.165, 1.54) is 0 Å². The van der Waals surface area contributed by atoms with Gasteiger partial charge in [0.15, 0.2) is 0 Å². The van der Waals surface area contributed by atoms with Crippen LogP contribution in [0.15, 0.2) is 24.3 Å². The van der Waals surface area contributed by atoms with Crippen molar-refractivity contribution in [2.45, 2.75) is 31.7 Å². The van der Waals surface area contributed by atoms with Crippen LogP contribution >= 0.6 is 0 Å². The molecule has 16 heavy (non-hydrogen) atoms.